The van der Waals surface area contributed by atoms with Gasteiger partial charge < -0.3 is 14.6 Å². The molecule has 0 amide bonds. The molecule has 0 aliphatic heterocycles. The Morgan fingerprint density at radius 3 is 2.25 bits per heavy atom. The van der Waals surface area contributed by atoms with Crippen molar-refractivity contribution in [2.45, 2.75) is 6.92 Å². The van der Waals surface area contributed by atoms with Crippen molar-refractivity contribution in [2.24, 2.45) is 0 Å². The van der Waals surface area contributed by atoms with Gasteiger partial charge in [-0.1, -0.05) is 67.2 Å². The average Bonchev–Trinajstić information content (AvgIpc) is 2.91. The van der Waals surface area contributed by atoms with Crippen molar-refractivity contribution in [2.75, 3.05) is 13.2 Å². The molecule has 5 heteroatoms. The first-order valence-electron chi connectivity index (χ1n) is 11.6. The van der Waals surface area contributed by atoms with Crippen LogP contribution in [0.3, 0.4) is 0 Å². The summed E-state index contributed by atoms with van der Waals surface area (Å²) in [7, 11) is 0. The molecule has 1 heterocycles. The molecule has 1 aromatic heterocycles. The molecule has 0 saturated heterocycles. The normalized spacial score (nSPS) is 11.1. The molecule has 4 aromatic rings. The molecule has 0 aliphatic carbocycles. The first kappa shape index (κ1) is 24.5. The number of carbonyl (C=O) groups is 1. The second kappa shape index (κ2) is 11.7. The lowest BCUT2D eigenvalue weighted by Gasteiger charge is -2.12. The van der Waals surface area contributed by atoms with Gasteiger partial charge in [-0.05, 0) is 71.2 Å². The van der Waals surface area contributed by atoms with Crippen LogP contribution in [-0.2, 0) is 4.79 Å². The SMILES string of the molecule is C=C(c1ccc(/C(=C/COc2ccc(OCC(=O)O)c(C)c2)c2ccccc2)cc1)c1ccccn1. The van der Waals surface area contributed by atoms with Gasteiger partial charge in [0.2, 0.25) is 0 Å². The zero-order valence-corrected chi connectivity index (χ0v) is 20.1. The summed E-state index contributed by atoms with van der Waals surface area (Å²) >= 11 is 0. The number of rotatable bonds is 10. The van der Waals surface area contributed by atoms with Crippen LogP contribution in [0.5, 0.6) is 11.5 Å². The third kappa shape index (κ3) is 6.27. The molecule has 0 fully saturated rings. The van der Waals surface area contributed by atoms with Gasteiger partial charge in [-0.25, -0.2) is 4.79 Å². The summed E-state index contributed by atoms with van der Waals surface area (Å²) in [6.07, 6.45) is 3.82. The van der Waals surface area contributed by atoms with Gasteiger partial charge in [-0.2, -0.15) is 0 Å². The van der Waals surface area contributed by atoms with Crippen LogP contribution in [0.15, 0.2) is 110 Å². The van der Waals surface area contributed by atoms with Crippen LogP contribution >= 0.6 is 0 Å². The van der Waals surface area contributed by atoms with Crippen molar-refractivity contribution < 1.29 is 19.4 Å². The molecule has 0 aliphatic rings. The highest BCUT2D eigenvalue weighted by molar-refractivity contribution is 5.82. The van der Waals surface area contributed by atoms with Crippen LogP contribution in [0, 0.1) is 6.92 Å². The minimum atomic E-state index is -1.01. The van der Waals surface area contributed by atoms with E-state index < -0.39 is 5.97 Å². The lowest BCUT2D eigenvalue weighted by atomic mass is 9.95. The first-order valence-corrected chi connectivity index (χ1v) is 11.6. The number of aromatic nitrogens is 1. The Kier molecular flexibility index (Phi) is 7.94. The summed E-state index contributed by atoms with van der Waals surface area (Å²) < 4.78 is 11.3. The van der Waals surface area contributed by atoms with Crippen LogP contribution in [0.4, 0.5) is 0 Å². The van der Waals surface area contributed by atoms with E-state index in [0.717, 1.165) is 39.1 Å². The quantitative estimate of drug-likeness (QED) is 0.285. The highest BCUT2D eigenvalue weighted by atomic mass is 16.5. The van der Waals surface area contributed by atoms with Crippen LogP contribution in [0.25, 0.3) is 11.1 Å². The number of aryl methyl sites for hydroxylation is 1. The molecule has 0 saturated carbocycles. The number of carboxylic acids is 1. The predicted octanol–water partition coefficient (Wildman–Crippen LogP) is 6.43. The van der Waals surface area contributed by atoms with Crippen molar-refractivity contribution in [1.29, 1.82) is 0 Å². The molecule has 0 unspecified atom stereocenters. The second-order valence-electron chi connectivity index (χ2n) is 8.18. The molecule has 0 radical (unpaired) electrons. The smallest absolute Gasteiger partial charge is 0.341 e. The Bertz CT molecular complexity index is 1360. The van der Waals surface area contributed by atoms with E-state index in [2.05, 4.69) is 54.0 Å². The Labute approximate surface area is 211 Å². The van der Waals surface area contributed by atoms with Gasteiger partial charge in [-0.3, -0.25) is 4.98 Å². The predicted molar refractivity (Wildman–Crippen MR) is 142 cm³/mol. The van der Waals surface area contributed by atoms with E-state index in [-0.39, 0.29) is 6.61 Å². The summed E-state index contributed by atoms with van der Waals surface area (Å²) in [6, 6.07) is 29.6. The van der Waals surface area contributed by atoms with Crippen molar-refractivity contribution >= 4 is 17.1 Å². The Morgan fingerprint density at radius 2 is 1.58 bits per heavy atom. The largest absolute Gasteiger partial charge is 0.489 e. The van der Waals surface area contributed by atoms with Gasteiger partial charge >= 0.3 is 5.97 Å². The molecule has 4 rings (SSSR count). The minimum absolute atomic E-state index is 0.362. The standard InChI is InChI=1S/C31H27NO4/c1-22-20-27(15-16-30(22)36-21-31(33)34)35-19-17-28(25-8-4-3-5-9-25)26-13-11-24(12-14-26)23(2)29-10-6-7-18-32-29/h3-18,20H,2,19,21H2,1H3,(H,33,34)/b28-17+. The van der Waals surface area contributed by atoms with Crippen LogP contribution < -0.4 is 9.47 Å². The molecule has 1 N–H and O–H groups in total. The maximum Gasteiger partial charge on any atom is 0.341 e. The van der Waals surface area contributed by atoms with Crippen molar-refractivity contribution in [1.82, 2.24) is 4.98 Å². The van der Waals surface area contributed by atoms with E-state index in [1.807, 2.05) is 49.4 Å². The summed E-state index contributed by atoms with van der Waals surface area (Å²) in [5.74, 6) is 0.195. The van der Waals surface area contributed by atoms with E-state index >= 15 is 0 Å². The number of aliphatic carboxylic acids is 1. The summed E-state index contributed by atoms with van der Waals surface area (Å²) in [5.41, 5.74) is 6.77. The number of carboxylic acid groups (broad SMARTS) is 1. The van der Waals surface area contributed by atoms with Crippen LogP contribution in [-0.4, -0.2) is 29.3 Å². The van der Waals surface area contributed by atoms with Gasteiger partial charge in [0, 0.05) is 11.8 Å². The highest BCUT2D eigenvalue weighted by Gasteiger charge is 2.09. The highest BCUT2D eigenvalue weighted by Crippen LogP contribution is 2.27. The molecule has 0 spiro atoms. The van der Waals surface area contributed by atoms with E-state index in [1.165, 1.54) is 0 Å². The van der Waals surface area contributed by atoms with Crippen molar-refractivity contribution in [3.05, 3.63) is 138 Å². The molecule has 0 bridgehead atoms. The zero-order chi connectivity index (χ0) is 25.3. The summed E-state index contributed by atoms with van der Waals surface area (Å²) in [6.45, 7) is 6.05. The monoisotopic (exact) mass is 477 g/mol. The lowest BCUT2D eigenvalue weighted by molar-refractivity contribution is -0.139. The topological polar surface area (TPSA) is 68.7 Å². The van der Waals surface area contributed by atoms with Crippen LogP contribution in [0.2, 0.25) is 0 Å². The number of nitrogens with zero attached hydrogens (tertiary/aromatic N) is 1. The first-order chi connectivity index (χ1) is 17.5. The van der Waals surface area contributed by atoms with E-state index in [9.17, 15) is 4.79 Å². The van der Waals surface area contributed by atoms with E-state index in [4.69, 9.17) is 14.6 Å². The fourth-order valence-electron chi connectivity index (χ4n) is 3.79. The third-order valence-corrected chi connectivity index (χ3v) is 5.64. The summed E-state index contributed by atoms with van der Waals surface area (Å²) in [4.78, 5) is 15.1. The molecule has 3 aromatic carbocycles. The maximum absolute atomic E-state index is 10.7. The molecular formula is C31H27NO4. The van der Waals surface area contributed by atoms with Crippen LogP contribution in [0.1, 0.15) is 27.9 Å². The van der Waals surface area contributed by atoms with Gasteiger partial charge in [0.1, 0.15) is 18.1 Å². The third-order valence-electron chi connectivity index (χ3n) is 5.64. The fourth-order valence-corrected chi connectivity index (χ4v) is 3.79. The van der Waals surface area contributed by atoms with Gasteiger partial charge in [0.25, 0.3) is 0 Å². The Hall–Kier alpha value is -4.64. The van der Waals surface area contributed by atoms with Crippen molar-refractivity contribution in [3.8, 4) is 11.5 Å². The minimum Gasteiger partial charge on any atom is -0.489 e. The summed E-state index contributed by atoms with van der Waals surface area (Å²) in [5, 5.41) is 8.81. The van der Waals surface area contributed by atoms with Gasteiger partial charge in [0.05, 0.1) is 5.69 Å². The average molecular weight is 478 g/mol. The van der Waals surface area contributed by atoms with Gasteiger partial charge in [-0.15, -0.1) is 0 Å². The second-order valence-corrected chi connectivity index (χ2v) is 8.18. The van der Waals surface area contributed by atoms with Crippen molar-refractivity contribution in [3.63, 3.8) is 0 Å². The number of ether oxygens (including phenoxy) is 2. The molecular weight excluding hydrogens is 450 g/mol. The van der Waals surface area contributed by atoms with E-state index in [0.29, 0.717) is 18.1 Å². The maximum atomic E-state index is 10.7. The molecule has 5 nitrogen and oxygen atoms in total. The molecule has 180 valence electrons. The molecule has 36 heavy (non-hydrogen) atoms. The zero-order valence-electron chi connectivity index (χ0n) is 20.1. The lowest BCUT2D eigenvalue weighted by Crippen LogP contribution is -2.10. The Balaban J connectivity index is 1.52. The number of pyridine rings is 1. The Morgan fingerprint density at radius 1 is 0.889 bits per heavy atom. The van der Waals surface area contributed by atoms with E-state index in [1.54, 1.807) is 18.3 Å². The number of hydrogen-bond donors (Lipinski definition) is 1. The number of hydrogen-bond acceptors (Lipinski definition) is 4. The number of benzene rings is 3. The molecule has 0 atom stereocenters. The van der Waals surface area contributed by atoms with Gasteiger partial charge in [0.15, 0.2) is 6.61 Å². The fraction of sp³-hybridized carbons (Fsp3) is 0.0968.